The van der Waals surface area contributed by atoms with Crippen LogP contribution < -0.4 is 5.32 Å². The summed E-state index contributed by atoms with van der Waals surface area (Å²) in [7, 11) is 0. The third kappa shape index (κ3) is 6.15. The summed E-state index contributed by atoms with van der Waals surface area (Å²) in [5, 5.41) is 13.0. The number of anilines is 1. The second-order valence-electron chi connectivity index (χ2n) is 10.0. The topological polar surface area (TPSA) is 102 Å². The van der Waals surface area contributed by atoms with Gasteiger partial charge in [0.1, 0.15) is 29.4 Å². The first-order valence-corrected chi connectivity index (χ1v) is 12.9. The number of cyclic esters (lactones) is 1. The Morgan fingerprint density at radius 2 is 1.90 bits per heavy atom. The number of halogens is 3. The van der Waals surface area contributed by atoms with Gasteiger partial charge in [0.2, 0.25) is 5.95 Å². The first-order valence-electron chi connectivity index (χ1n) is 12.9. The number of nitrogens with one attached hydrogen (secondary N) is 1. The van der Waals surface area contributed by atoms with Gasteiger partial charge in [0.05, 0.1) is 35.6 Å². The summed E-state index contributed by atoms with van der Waals surface area (Å²) in [6.45, 7) is 3.93. The Hall–Kier alpha value is -4.25. The molecule has 0 amide bonds. The molecule has 8 nitrogen and oxygen atoms in total. The molecule has 2 aromatic heterocycles. The number of aromatic nitrogens is 4. The van der Waals surface area contributed by atoms with E-state index in [1.54, 1.807) is 30.5 Å². The van der Waals surface area contributed by atoms with Gasteiger partial charge >= 0.3 is 5.97 Å². The van der Waals surface area contributed by atoms with Gasteiger partial charge in [0.25, 0.3) is 0 Å². The van der Waals surface area contributed by atoms with Crippen molar-refractivity contribution in [3.63, 3.8) is 0 Å². The minimum atomic E-state index is -0.800. The zero-order chi connectivity index (χ0) is 28.4. The van der Waals surface area contributed by atoms with Crippen molar-refractivity contribution in [3.8, 4) is 22.6 Å². The van der Waals surface area contributed by atoms with Gasteiger partial charge in [0, 0.05) is 42.8 Å². The second-order valence-corrected chi connectivity index (χ2v) is 10.0. The molecule has 40 heavy (non-hydrogen) atoms. The van der Waals surface area contributed by atoms with Crippen LogP contribution in [0.3, 0.4) is 0 Å². The van der Waals surface area contributed by atoms with E-state index in [1.165, 1.54) is 24.4 Å². The van der Waals surface area contributed by atoms with E-state index in [0.29, 0.717) is 28.5 Å². The fraction of sp³-hybridized carbons (Fsp3) is 0.310. The number of imidazole rings is 1. The molecule has 1 saturated heterocycles. The van der Waals surface area contributed by atoms with Crippen LogP contribution in [0.25, 0.3) is 28.8 Å². The molecule has 1 aromatic carbocycles. The molecule has 2 aliphatic rings. The van der Waals surface area contributed by atoms with E-state index in [2.05, 4.69) is 15.3 Å². The fourth-order valence-electron chi connectivity index (χ4n) is 4.71. The minimum Gasteiger partial charge on any atom is -0.458 e. The van der Waals surface area contributed by atoms with E-state index in [9.17, 15) is 23.1 Å². The highest BCUT2D eigenvalue weighted by Crippen LogP contribution is 2.35. The number of aliphatic hydroxyl groups is 1. The average molecular weight is 552 g/mol. The second kappa shape index (κ2) is 11.5. The SMILES string of the molecule is CC(C)c1nc(-c2ccc(F)cc2)c(-c2ccnc(NC3C=C(F)C=C(F)C3)n2)n1/C=C/[C@@H]1C[C@@H](O)CC(=O)O1. The van der Waals surface area contributed by atoms with Crippen LogP contribution in [-0.2, 0) is 9.53 Å². The quantitative estimate of drug-likeness (QED) is 0.363. The monoisotopic (exact) mass is 551 g/mol. The third-order valence-electron chi connectivity index (χ3n) is 6.49. The highest BCUT2D eigenvalue weighted by Gasteiger charge is 2.27. The maximum absolute atomic E-state index is 13.8. The maximum atomic E-state index is 13.8. The Morgan fingerprint density at radius 1 is 1.12 bits per heavy atom. The molecule has 1 unspecified atom stereocenters. The summed E-state index contributed by atoms with van der Waals surface area (Å²) in [5.74, 6) is -1.40. The Morgan fingerprint density at radius 3 is 2.60 bits per heavy atom. The van der Waals surface area contributed by atoms with Crippen LogP contribution in [0.1, 0.15) is 44.9 Å². The minimum absolute atomic E-state index is 0.0496. The lowest BCUT2D eigenvalue weighted by molar-refractivity contribution is -0.156. The molecule has 0 bridgehead atoms. The molecule has 11 heteroatoms. The van der Waals surface area contributed by atoms with E-state index < -0.39 is 41.7 Å². The molecule has 3 aromatic rings. The molecule has 1 fully saturated rings. The van der Waals surface area contributed by atoms with Gasteiger partial charge < -0.3 is 19.7 Å². The van der Waals surface area contributed by atoms with Gasteiger partial charge in [-0.2, -0.15) is 0 Å². The normalized spacial score (nSPS) is 21.4. The Bertz CT molecular complexity index is 1500. The summed E-state index contributed by atoms with van der Waals surface area (Å²) in [6, 6.07) is 6.90. The summed E-state index contributed by atoms with van der Waals surface area (Å²) >= 11 is 0. The lowest BCUT2D eigenvalue weighted by atomic mass is 10.1. The number of carbonyl (C=O) groups excluding carboxylic acids is 1. The number of hydrogen-bond acceptors (Lipinski definition) is 7. The average Bonchev–Trinajstić information content (AvgIpc) is 3.27. The molecule has 1 aliphatic carbocycles. The van der Waals surface area contributed by atoms with Crippen molar-refractivity contribution < 1.29 is 27.8 Å². The standard InChI is InChI=1S/C29H28F3N5O3/c1-16(2)28-36-26(17-3-5-18(30)6-4-17)27(37(28)10-8-23-14-22(38)15-25(39)40-23)24-7-9-33-29(35-24)34-21-12-19(31)11-20(32)13-21/h3-12,16,21-23,38H,13-15H2,1-2H3,(H,33,34,35)/b10-8+/t21?,22-,23-/m1/s1. The lowest BCUT2D eigenvalue weighted by Gasteiger charge is -2.23. The maximum Gasteiger partial charge on any atom is 0.309 e. The number of benzene rings is 1. The van der Waals surface area contributed by atoms with Gasteiger partial charge in [-0.3, -0.25) is 4.79 Å². The Kier molecular flexibility index (Phi) is 7.83. The molecule has 1 aliphatic heterocycles. The van der Waals surface area contributed by atoms with Crippen molar-refractivity contribution in [3.05, 3.63) is 78.1 Å². The van der Waals surface area contributed by atoms with Crippen LogP contribution >= 0.6 is 0 Å². The molecule has 0 saturated carbocycles. The van der Waals surface area contributed by atoms with Crippen LogP contribution in [0, 0.1) is 5.82 Å². The molecule has 5 rings (SSSR count). The summed E-state index contributed by atoms with van der Waals surface area (Å²) in [5.41, 5.74) is 2.16. The van der Waals surface area contributed by atoms with Crippen molar-refractivity contribution in [2.24, 2.45) is 0 Å². The predicted octanol–water partition coefficient (Wildman–Crippen LogP) is 5.70. The number of aliphatic hydroxyl groups excluding tert-OH is 1. The van der Waals surface area contributed by atoms with E-state index in [4.69, 9.17) is 9.72 Å². The number of esters is 1. The number of allylic oxidation sites excluding steroid dienone is 2. The van der Waals surface area contributed by atoms with Crippen LogP contribution in [0.15, 0.2) is 66.4 Å². The van der Waals surface area contributed by atoms with Gasteiger partial charge in [-0.05, 0) is 42.5 Å². The van der Waals surface area contributed by atoms with E-state index in [-0.39, 0.29) is 31.1 Å². The highest BCUT2D eigenvalue weighted by molar-refractivity contribution is 5.79. The van der Waals surface area contributed by atoms with Crippen molar-refractivity contribution in [1.29, 1.82) is 0 Å². The van der Waals surface area contributed by atoms with Crippen molar-refractivity contribution in [2.45, 2.75) is 57.3 Å². The van der Waals surface area contributed by atoms with Crippen LogP contribution in [0.4, 0.5) is 19.1 Å². The molecule has 208 valence electrons. The molecular formula is C29H28F3N5O3. The van der Waals surface area contributed by atoms with Crippen molar-refractivity contribution >= 4 is 18.1 Å². The number of carbonyl (C=O) groups is 1. The van der Waals surface area contributed by atoms with Crippen molar-refractivity contribution in [1.82, 2.24) is 19.5 Å². The number of hydrogen-bond donors (Lipinski definition) is 2. The third-order valence-corrected chi connectivity index (χ3v) is 6.49. The summed E-state index contributed by atoms with van der Waals surface area (Å²) in [4.78, 5) is 25.6. The molecule has 3 atom stereocenters. The smallest absolute Gasteiger partial charge is 0.309 e. The summed E-state index contributed by atoms with van der Waals surface area (Å²) in [6.07, 6.45) is 5.72. The number of ether oxygens (including phenoxy) is 1. The van der Waals surface area contributed by atoms with Gasteiger partial charge in [-0.1, -0.05) is 13.8 Å². The van der Waals surface area contributed by atoms with Gasteiger partial charge in [0.15, 0.2) is 0 Å². The number of nitrogens with zero attached hydrogens (tertiary/aromatic N) is 4. The molecule has 2 N–H and O–H groups in total. The molecule has 0 radical (unpaired) electrons. The van der Waals surface area contributed by atoms with Gasteiger partial charge in [-0.25, -0.2) is 28.1 Å². The van der Waals surface area contributed by atoms with E-state index >= 15 is 0 Å². The fourth-order valence-corrected chi connectivity index (χ4v) is 4.71. The summed E-state index contributed by atoms with van der Waals surface area (Å²) < 4.78 is 48.6. The van der Waals surface area contributed by atoms with Crippen LogP contribution in [0.2, 0.25) is 0 Å². The first-order chi connectivity index (χ1) is 19.2. The lowest BCUT2D eigenvalue weighted by Crippen LogP contribution is -2.31. The van der Waals surface area contributed by atoms with Crippen LogP contribution in [0.5, 0.6) is 0 Å². The number of rotatable bonds is 7. The predicted molar refractivity (Wildman–Crippen MR) is 144 cm³/mol. The van der Waals surface area contributed by atoms with E-state index in [1.807, 2.05) is 18.4 Å². The van der Waals surface area contributed by atoms with E-state index in [0.717, 1.165) is 6.08 Å². The Balaban J connectivity index is 1.60. The van der Waals surface area contributed by atoms with Gasteiger partial charge in [-0.15, -0.1) is 0 Å². The molecule has 3 heterocycles. The first kappa shape index (κ1) is 27.3. The molecular weight excluding hydrogens is 523 g/mol. The zero-order valence-electron chi connectivity index (χ0n) is 21.9. The zero-order valence-corrected chi connectivity index (χ0v) is 21.9. The largest absolute Gasteiger partial charge is 0.458 e. The van der Waals surface area contributed by atoms with Crippen LogP contribution in [-0.4, -0.2) is 48.8 Å². The van der Waals surface area contributed by atoms with Crippen molar-refractivity contribution in [2.75, 3.05) is 5.32 Å². The molecule has 0 spiro atoms. The highest BCUT2D eigenvalue weighted by atomic mass is 19.1. The Labute approximate surface area is 228 Å².